The van der Waals surface area contributed by atoms with Crippen LogP contribution in [-0.2, 0) is 15.3 Å². The topological polar surface area (TPSA) is 74.1 Å². The number of rotatable bonds is 6. The molecule has 2 aromatic carbocycles. The van der Waals surface area contributed by atoms with E-state index in [-0.39, 0.29) is 30.1 Å². The van der Waals surface area contributed by atoms with Gasteiger partial charge in [-0.3, -0.25) is 14.6 Å². The zero-order valence-corrected chi connectivity index (χ0v) is 19.7. The summed E-state index contributed by atoms with van der Waals surface area (Å²) in [5, 5.41) is 3.65. The number of aliphatic imine (C=N–C) groups is 2. The number of amidine groups is 2. The summed E-state index contributed by atoms with van der Waals surface area (Å²) >= 11 is 1.38. The van der Waals surface area contributed by atoms with Crippen molar-refractivity contribution in [3.63, 3.8) is 0 Å². The average Bonchev–Trinajstić information content (AvgIpc) is 3.18. The molecule has 1 atom stereocenters. The summed E-state index contributed by atoms with van der Waals surface area (Å²) in [6.45, 7) is 0. The minimum Gasteiger partial charge on any atom is -0.353 e. The second-order valence-electron chi connectivity index (χ2n) is 8.91. The van der Waals surface area contributed by atoms with Gasteiger partial charge in [0, 0.05) is 23.8 Å². The van der Waals surface area contributed by atoms with Crippen molar-refractivity contribution in [3.8, 4) is 0 Å². The summed E-state index contributed by atoms with van der Waals surface area (Å²) in [5.41, 5.74) is 2.37. The van der Waals surface area contributed by atoms with Gasteiger partial charge in [-0.05, 0) is 49.1 Å². The zero-order chi connectivity index (χ0) is 23.5. The maximum atomic E-state index is 13.6. The van der Waals surface area contributed by atoms with Crippen LogP contribution in [0.15, 0.2) is 58.5 Å². The molecule has 0 saturated heterocycles. The van der Waals surface area contributed by atoms with Crippen LogP contribution in [0.5, 0.6) is 0 Å². The van der Waals surface area contributed by atoms with Gasteiger partial charge in [0.05, 0.1) is 5.69 Å². The number of carbonyl (C=O) groups is 2. The quantitative estimate of drug-likeness (QED) is 0.639. The van der Waals surface area contributed by atoms with Crippen molar-refractivity contribution in [1.82, 2.24) is 10.2 Å². The predicted octanol–water partition coefficient (Wildman–Crippen LogP) is 4.95. The molecule has 34 heavy (non-hydrogen) atoms. The number of hydrogen-bond donors (Lipinski definition) is 1. The highest BCUT2D eigenvalue weighted by atomic mass is 32.2. The van der Waals surface area contributed by atoms with Crippen molar-refractivity contribution in [2.24, 2.45) is 9.98 Å². The molecule has 2 aliphatic heterocycles. The predicted molar refractivity (Wildman–Crippen MR) is 133 cm³/mol. The molecule has 5 rings (SSSR count). The van der Waals surface area contributed by atoms with E-state index in [9.17, 15) is 14.0 Å². The Morgan fingerprint density at radius 2 is 1.94 bits per heavy atom. The monoisotopic (exact) mass is 478 g/mol. The molecule has 0 bridgehead atoms. The minimum atomic E-state index is -0.613. The van der Waals surface area contributed by atoms with Crippen LogP contribution < -0.4 is 5.32 Å². The third-order valence-corrected chi connectivity index (χ3v) is 7.43. The molecule has 2 heterocycles. The molecular formula is C26H27FN4O2S. The van der Waals surface area contributed by atoms with E-state index >= 15 is 0 Å². The van der Waals surface area contributed by atoms with Gasteiger partial charge >= 0.3 is 0 Å². The molecule has 2 amide bonds. The number of nitrogens with zero attached hydrogens (tertiary/aromatic N) is 3. The minimum absolute atomic E-state index is 0.0143. The summed E-state index contributed by atoms with van der Waals surface area (Å²) in [7, 11) is 0. The number of thioether (sulfide) groups is 1. The normalized spacial score (nSPS) is 19.9. The SMILES string of the molecule is O=C(CC[C@H]1N=C2c3ccccc3N=C(SCc3cccc(F)c3)N2C1=O)NC1CCCCC1. The lowest BCUT2D eigenvalue weighted by atomic mass is 9.95. The highest BCUT2D eigenvalue weighted by molar-refractivity contribution is 8.13. The molecule has 0 unspecified atom stereocenters. The van der Waals surface area contributed by atoms with Crippen molar-refractivity contribution < 1.29 is 14.0 Å². The van der Waals surface area contributed by atoms with Crippen LogP contribution in [0.2, 0.25) is 0 Å². The molecule has 0 spiro atoms. The van der Waals surface area contributed by atoms with Crippen LogP contribution in [0.1, 0.15) is 56.1 Å². The summed E-state index contributed by atoms with van der Waals surface area (Å²) in [6.07, 6.45) is 6.24. The van der Waals surface area contributed by atoms with Gasteiger partial charge in [-0.2, -0.15) is 0 Å². The third kappa shape index (κ3) is 4.92. The lowest BCUT2D eigenvalue weighted by Crippen LogP contribution is -2.41. The largest absolute Gasteiger partial charge is 0.353 e. The number of benzene rings is 2. The van der Waals surface area contributed by atoms with Gasteiger partial charge in [-0.1, -0.05) is 55.3 Å². The molecule has 176 valence electrons. The van der Waals surface area contributed by atoms with Crippen LogP contribution in [0, 0.1) is 5.82 Å². The van der Waals surface area contributed by atoms with Gasteiger partial charge < -0.3 is 5.32 Å². The summed E-state index contributed by atoms with van der Waals surface area (Å²) < 4.78 is 13.6. The summed E-state index contributed by atoms with van der Waals surface area (Å²) in [4.78, 5) is 36.9. The third-order valence-electron chi connectivity index (χ3n) is 6.42. The number of nitrogens with one attached hydrogen (secondary N) is 1. The van der Waals surface area contributed by atoms with Gasteiger partial charge in [0.1, 0.15) is 17.7 Å². The van der Waals surface area contributed by atoms with E-state index in [4.69, 9.17) is 9.98 Å². The van der Waals surface area contributed by atoms with E-state index in [1.165, 1.54) is 30.3 Å². The van der Waals surface area contributed by atoms with E-state index in [1.807, 2.05) is 30.3 Å². The molecule has 1 aliphatic carbocycles. The smallest absolute Gasteiger partial charge is 0.259 e. The van der Waals surface area contributed by atoms with Crippen LogP contribution >= 0.6 is 11.8 Å². The molecule has 1 saturated carbocycles. The first kappa shape index (κ1) is 22.8. The summed E-state index contributed by atoms with van der Waals surface area (Å²) in [5.74, 6) is 0.583. The Morgan fingerprint density at radius 3 is 2.76 bits per heavy atom. The molecular weight excluding hydrogens is 451 g/mol. The van der Waals surface area contributed by atoms with Crippen molar-refractivity contribution in [2.75, 3.05) is 0 Å². The number of para-hydroxylation sites is 1. The molecule has 0 radical (unpaired) electrons. The standard InChI is InChI=1S/C26H27FN4O2S/c27-18-8-6-7-17(15-18)16-34-26-30-21-12-5-4-11-20(21)24-29-22(25(33)31(24)26)13-14-23(32)28-19-9-2-1-3-10-19/h4-8,11-12,15,19,22H,1-3,9-10,13-14,16H2,(H,28,32)/t22-/m1/s1. The Labute approximate surface area is 202 Å². The lowest BCUT2D eigenvalue weighted by Gasteiger charge is -2.25. The first-order valence-corrected chi connectivity index (χ1v) is 12.8. The molecule has 6 nitrogen and oxygen atoms in total. The molecule has 0 aromatic heterocycles. The molecule has 1 fully saturated rings. The number of carbonyl (C=O) groups excluding carboxylic acids is 2. The van der Waals surface area contributed by atoms with Crippen LogP contribution in [0.25, 0.3) is 0 Å². The van der Waals surface area contributed by atoms with E-state index in [2.05, 4.69) is 5.32 Å². The van der Waals surface area contributed by atoms with E-state index in [0.29, 0.717) is 23.2 Å². The number of amides is 2. The van der Waals surface area contributed by atoms with Gasteiger partial charge in [0.15, 0.2) is 5.17 Å². The number of fused-ring (bicyclic) bond motifs is 3. The van der Waals surface area contributed by atoms with Crippen molar-refractivity contribution in [2.45, 2.75) is 62.8 Å². The van der Waals surface area contributed by atoms with Gasteiger partial charge in [-0.15, -0.1) is 0 Å². The fourth-order valence-electron chi connectivity index (χ4n) is 4.68. The molecule has 8 heteroatoms. The second-order valence-corrected chi connectivity index (χ2v) is 9.86. The Bertz CT molecular complexity index is 1160. The Balaban J connectivity index is 1.30. The van der Waals surface area contributed by atoms with Crippen molar-refractivity contribution >= 4 is 40.3 Å². The second kappa shape index (κ2) is 10.1. The number of hydrogen-bond acceptors (Lipinski definition) is 5. The van der Waals surface area contributed by atoms with Gasteiger partial charge in [-0.25, -0.2) is 14.3 Å². The summed E-state index contributed by atoms with van der Waals surface area (Å²) in [6, 6.07) is 13.7. The first-order chi connectivity index (χ1) is 16.6. The maximum Gasteiger partial charge on any atom is 0.259 e. The van der Waals surface area contributed by atoms with Crippen LogP contribution in [0.3, 0.4) is 0 Å². The Hall–Kier alpha value is -3.00. The van der Waals surface area contributed by atoms with E-state index in [0.717, 1.165) is 42.5 Å². The Kier molecular flexibility index (Phi) is 6.76. The highest BCUT2D eigenvalue weighted by Gasteiger charge is 2.41. The first-order valence-electron chi connectivity index (χ1n) is 11.8. The van der Waals surface area contributed by atoms with Crippen molar-refractivity contribution in [3.05, 3.63) is 65.5 Å². The van der Waals surface area contributed by atoms with Gasteiger partial charge in [0.25, 0.3) is 5.91 Å². The van der Waals surface area contributed by atoms with Crippen molar-refractivity contribution in [1.29, 1.82) is 0 Å². The molecule has 2 aromatic rings. The van der Waals surface area contributed by atoms with Crippen LogP contribution in [0.4, 0.5) is 10.1 Å². The highest BCUT2D eigenvalue weighted by Crippen LogP contribution is 2.35. The fraction of sp³-hybridized carbons (Fsp3) is 0.385. The number of halogens is 1. The average molecular weight is 479 g/mol. The molecule has 3 aliphatic rings. The maximum absolute atomic E-state index is 13.6. The van der Waals surface area contributed by atoms with E-state index in [1.54, 1.807) is 11.0 Å². The lowest BCUT2D eigenvalue weighted by molar-refractivity contribution is -0.125. The van der Waals surface area contributed by atoms with Crippen LogP contribution in [-0.4, -0.2) is 39.8 Å². The molecule has 1 N–H and O–H groups in total. The van der Waals surface area contributed by atoms with Gasteiger partial charge in [0.2, 0.25) is 5.91 Å². The Morgan fingerprint density at radius 1 is 1.12 bits per heavy atom. The van der Waals surface area contributed by atoms with E-state index < -0.39 is 6.04 Å². The zero-order valence-electron chi connectivity index (χ0n) is 18.9. The fourth-order valence-corrected chi connectivity index (χ4v) is 5.62.